The molecule has 4 aliphatic rings. The fourth-order valence-corrected chi connectivity index (χ4v) is 9.00. The van der Waals surface area contributed by atoms with E-state index in [1.54, 1.807) is 0 Å². The first-order chi connectivity index (χ1) is 15.1. The van der Waals surface area contributed by atoms with Gasteiger partial charge in [0.05, 0.1) is 12.2 Å². The number of aliphatic carboxylic acids is 1. The number of nitrogens with one attached hydrogen (secondary N) is 1. The van der Waals surface area contributed by atoms with Gasteiger partial charge in [-0.1, -0.05) is 20.8 Å². The Morgan fingerprint density at radius 2 is 1.69 bits per heavy atom. The maximum atomic E-state index is 12.0. The number of fused-ring (bicyclic) bond motifs is 5. The molecule has 1 amide bonds. The van der Waals surface area contributed by atoms with E-state index in [0.717, 1.165) is 44.9 Å². The Balaban J connectivity index is 1.44. The highest BCUT2D eigenvalue weighted by Gasteiger charge is 2.62. The molecule has 4 rings (SSSR count). The molecule has 4 aliphatic carbocycles. The number of rotatable bonds is 6. The number of carbonyl (C=O) groups excluding carboxylic acids is 1. The van der Waals surface area contributed by atoms with Crippen molar-refractivity contribution in [1.29, 1.82) is 0 Å². The van der Waals surface area contributed by atoms with Crippen LogP contribution in [0, 0.1) is 46.3 Å². The van der Waals surface area contributed by atoms with Gasteiger partial charge in [0.2, 0.25) is 5.91 Å². The molecular weight excluding hydrogens is 406 g/mol. The van der Waals surface area contributed by atoms with Crippen LogP contribution in [-0.2, 0) is 9.59 Å². The minimum atomic E-state index is -1.01. The molecule has 0 aromatic rings. The van der Waals surface area contributed by atoms with E-state index >= 15 is 0 Å². The van der Waals surface area contributed by atoms with Gasteiger partial charge in [-0.25, -0.2) is 0 Å². The molecule has 0 radical (unpaired) electrons. The van der Waals surface area contributed by atoms with E-state index in [9.17, 15) is 19.8 Å². The van der Waals surface area contributed by atoms with Crippen LogP contribution >= 0.6 is 0 Å². The van der Waals surface area contributed by atoms with Crippen LogP contribution in [0.25, 0.3) is 0 Å². The number of hydrogen-bond acceptors (Lipinski definition) is 4. The Morgan fingerprint density at radius 3 is 2.41 bits per heavy atom. The summed E-state index contributed by atoms with van der Waals surface area (Å²) in [6.45, 7) is 6.83. The first-order valence-corrected chi connectivity index (χ1v) is 12.9. The number of carboxylic acids is 1. The summed E-state index contributed by atoms with van der Waals surface area (Å²) in [6, 6.07) is 0. The lowest BCUT2D eigenvalue weighted by Gasteiger charge is -2.62. The number of carboxylic acid groups (broad SMARTS) is 1. The summed E-state index contributed by atoms with van der Waals surface area (Å²) in [5.41, 5.74) is 0.451. The predicted molar refractivity (Wildman–Crippen MR) is 122 cm³/mol. The van der Waals surface area contributed by atoms with Gasteiger partial charge in [-0.2, -0.15) is 0 Å². The Hall–Kier alpha value is -1.14. The molecule has 0 aromatic carbocycles. The molecule has 6 nitrogen and oxygen atoms in total. The lowest BCUT2D eigenvalue weighted by atomic mass is 9.43. The highest BCUT2D eigenvalue weighted by molar-refractivity contribution is 5.81. The van der Waals surface area contributed by atoms with Gasteiger partial charge >= 0.3 is 5.97 Å². The van der Waals surface area contributed by atoms with E-state index in [-0.39, 0.29) is 35.5 Å². The van der Waals surface area contributed by atoms with Crippen LogP contribution < -0.4 is 5.32 Å². The zero-order valence-electron chi connectivity index (χ0n) is 20.1. The molecule has 10 atom stereocenters. The largest absolute Gasteiger partial charge is 0.480 e. The minimum absolute atomic E-state index is 0.177. The zero-order chi connectivity index (χ0) is 23.3. The summed E-state index contributed by atoms with van der Waals surface area (Å²) in [4.78, 5) is 22.7. The molecule has 4 saturated carbocycles. The topological polar surface area (TPSA) is 107 Å². The van der Waals surface area contributed by atoms with Gasteiger partial charge in [-0.3, -0.25) is 9.59 Å². The molecule has 0 heterocycles. The van der Waals surface area contributed by atoms with E-state index in [1.807, 2.05) is 0 Å². The molecule has 6 heteroatoms. The average molecular weight is 450 g/mol. The normalized spacial score (nSPS) is 46.5. The summed E-state index contributed by atoms with van der Waals surface area (Å²) in [7, 11) is 0. The first kappa shape index (κ1) is 24.0. The van der Waals surface area contributed by atoms with E-state index in [4.69, 9.17) is 5.11 Å². The Morgan fingerprint density at radius 1 is 1.00 bits per heavy atom. The van der Waals surface area contributed by atoms with Crippen molar-refractivity contribution in [2.24, 2.45) is 46.3 Å². The Bertz CT molecular complexity index is 727. The van der Waals surface area contributed by atoms with Gasteiger partial charge in [0, 0.05) is 6.42 Å². The maximum Gasteiger partial charge on any atom is 0.322 e. The lowest BCUT2D eigenvalue weighted by molar-refractivity contribution is -0.174. The monoisotopic (exact) mass is 449 g/mol. The number of amides is 1. The van der Waals surface area contributed by atoms with Crippen molar-refractivity contribution >= 4 is 11.9 Å². The predicted octanol–water partition coefficient (Wildman–Crippen LogP) is 3.59. The third kappa shape index (κ3) is 4.11. The third-order valence-corrected chi connectivity index (χ3v) is 10.7. The summed E-state index contributed by atoms with van der Waals surface area (Å²) in [5, 5.41) is 32.8. The Labute approximate surface area is 192 Å². The molecule has 32 heavy (non-hydrogen) atoms. The van der Waals surface area contributed by atoms with Crippen molar-refractivity contribution in [3.63, 3.8) is 0 Å². The SMILES string of the molecule is C[C@H](CCC(=O)NCC(=O)O)[C@H]1CC[C@@H]2[C@@H]3[C@H](O)C[C@@H]4C[C@H](O)CC[C@]4(C)[C@H]3CC[C@@]21C. The second-order valence-corrected chi connectivity index (χ2v) is 12.1. The molecule has 0 spiro atoms. The number of aliphatic hydroxyl groups is 2. The standard InChI is InChI=1S/C26H43NO5/c1-15(4-7-22(30)27-14-23(31)32)18-5-6-19-24-20(9-11-26(18,19)3)25(2)10-8-17(28)12-16(25)13-21(24)29/h15-21,24,28-29H,4-14H2,1-3H3,(H,27,30)(H,31,32)/t15-,16+,17-,18-,19-,20+,21-,24+,25+,26-/m1/s1. The molecule has 4 N–H and O–H groups in total. The number of hydrogen-bond donors (Lipinski definition) is 4. The van der Waals surface area contributed by atoms with E-state index < -0.39 is 5.97 Å². The molecule has 182 valence electrons. The van der Waals surface area contributed by atoms with Crippen LogP contribution in [0.5, 0.6) is 0 Å². The van der Waals surface area contributed by atoms with E-state index in [1.165, 1.54) is 12.8 Å². The van der Waals surface area contributed by atoms with Crippen LogP contribution in [0.2, 0.25) is 0 Å². The minimum Gasteiger partial charge on any atom is -0.480 e. The highest BCUT2D eigenvalue weighted by atomic mass is 16.4. The molecule has 0 aromatic heterocycles. The lowest BCUT2D eigenvalue weighted by Crippen LogP contribution is -2.58. The molecule has 0 unspecified atom stereocenters. The van der Waals surface area contributed by atoms with Crippen LogP contribution in [0.15, 0.2) is 0 Å². The van der Waals surface area contributed by atoms with E-state index in [0.29, 0.717) is 41.9 Å². The van der Waals surface area contributed by atoms with E-state index in [2.05, 4.69) is 26.1 Å². The maximum absolute atomic E-state index is 12.0. The third-order valence-electron chi connectivity index (χ3n) is 10.7. The summed E-state index contributed by atoms with van der Waals surface area (Å²) in [5.74, 6) is 1.66. The van der Waals surface area contributed by atoms with Crippen molar-refractivity contribution in [3.05, 3.63) is 0 Å². The van der Waals surface area contributed by atoms with Gasteiger partial charge in [-0.15, -0.1) is 0 Å². The van der Waals surface area contributed by atoms with Crippen molar-refractivity contribution in [2.75, 3.05) is 6.54 Å². The molecule has 0 aliphatic heterocycles. The molecule has 0 saturated heterocycles. The van der Waals surface area contributed by atoms with Crippen molar-refractivity contribution in [3.8, 4) is 0 Å². The fraction of sp³-hybridized carbons (Fsp3) is 0.923. The number of carbonyl (C=O) groups is 2. The average Bonchev–Trinajstić information content (AvgIpc) is 3.09. The highest BCUT2D eigenvalue weighted by Crippen LogP contribution is 2.68. The smallest absolute Gasteiger partial charge is 0.322 e. The summed E-state index contributed by atoms with van der Waals surface area (Å²) >= 11 is 0. The summed E-state index contributed by atoms with van der Waals surface area (Å²) < 4.78 is 0. The van der Waals surface area contributed by atoms with Crippen molar-refractivity contribution in [1.82, 2.24) is 5.32 Å². The van der Waals surface area contributed by atoms with Gasteiger partial charge in [-0.05, 0) is 104 Å². The van der Waals surface area contributed by atoms with Crippen LogP contribution in [0.4, 0.5) is 0 Å². The molecule has 0 bridgehead atoms. The van der Waals surface area contributed by atoms with Crippen LogP contribution in [-0.4, -0.2) is 45.9 Å². The van der Waals surface area contributed by atoms with Gasteiger partial charge < -0.3 is 20.6 Å². The van der Waals surface area contributed by atoms with Crippen LogP contribution in [0.3, 0.4) is 0 Å². The number of aliphatic hydroxyl groups excluding tert-OH is 2. The molecular formula is C26H43NO5. The quantitative estimate of drug-likeness (QED) is 0.496. The summed E-state index contributed by atoms with van der Waals surface area (Å²) in [6.07, 6.45) is 9.06. The second-order valence-electron chi connectivity index (χ2n) is 12.1. The Kier molecular flexibility index (Phi) is 6.68. The van der Waals surface area contributed by atoms with Gasteiger partial charge in [0.25, 0.3) is 0 Å². The van der Waals surface area contributed by atoms with Crippen molar-refractivity contribution < 1.29 is 24.9 Å². The fourth-order valence-electron chi connectivity index (χ4n) is 9.00. The van der Waals surface area contributed by atoms with Gasteiger partial charge in [0.15, 0.2) is 0 Å². The van der Waals surface area contributed by atoms with Gasteiger partial charge in [0.1, 0.15) is 6.54 Å². The zero-order valence-corrected chi connectivity index (χ0v) is 20.1. The first-order valence-electron chi connectivity index (χ1n) is 12.9. The molecule has 4 fully saturated rings. The van der Waals surface area contributed by atoms with Crippen LogP contribution in [0.1, 0.15) is 85.0 Å². The van der Waals surface area contributed by atoms with Crippen molar-refractivity contribution in [2.45, 2.75) is 97.2 Å². The second kappa shape index (κ2) is 8.90.